The first-order chi connectivity index (χ1) is 5.75. The van der Waals surface area contributed by atoms with Crippen LogP contribution in [0.3, 0.4) is 0 Å². The van der Waals surface area contributed by atoms with Crippen molar-refractivity contribution in [2.45, 2.75) is 25.0 Å². The molecular weight excluding hydrogens is 158 g/mol. The third-order valence-corrected chi connectivity index (χ3v) is 2.38. The lowest BCUT2D eigenvalue weighted by Crippen LogP contribution is -2.53. The van der Waals surface area contributed by atoms with E-state index in [0.717, 1.165) is 19.1 Å². The third kappa shape index (κ3) is 1.76. The molecule has 0 amide bonds. The molecule has 0 bridgehead atoms. The van der Waals surface area contributed by atoms with Gasteiger partial charge in [-0.3, -0.25) is 4.90 Å². The van der Waals surface area contributed by atoms with Gasteiger partial charge in [-0.2, -0.15) is 0 Å². The summed E-state index contributed by atoms with van der Waals surface area (Å²) in [6, 6.07) is 0.787. The molecule has 0 radical (unpaired) electrons. The van der Waals surface area contributed by atoms with Crippen LogP contribution in [-0.2, 0) is 9.53 Å². The highest BCUT2D eigenvalue weighted by Gasteiger charge is 2.38. The van der Waals surface area contributed by atoms with Gasteiger partial charge < -0.3 is 9.84 Å². The van der Waals surface area contributed by atoms with Gasteiger partial charge in [0.25, 0.3) is 0 Å². The predicted octanol–water partition coefficient (Wildman–Crippen LogP) is -0.0658. The largest absolute Gasteiger partial charge is 0.480 e. The fourth-order valence-electron chi connectivity index (χ4n) is 1.50. The zero-order chi connectivity index (χ0) is 8.55. The van der Waals surface area contributed by atoms with Crippen molar-refractivity contribution in [3.05, 3.63) is 0 Å². The molecule has 0 aromatic rings. The van der Waals surface area contributed by atoms with Gasteiger partial charge in [-0.1, -0.05) is 0 Å². The maximum absolute atomic E-state index is 10.1. The minimum absolute atomic E-state index is 0.150. The maximum atomic E-state index is 10.1. The van der Waals surface area contributed by atoms with Crippen molar-refractivity contribution in [2.24, 2.45) is 0 Å². The van der Waals surface area contributed by atoms with Crippen molar-refractivity contribution in [1.29, 1.82) is 0 Å². The lowest BCUT2D eigenvalue weighted by Gasteiger charge is -2.38. The summed E-state index contributed by atoms with van der Waals surface area (Å²) in [6.07, 6.45) is 2.79. The van der Waals surface area contributed by atoms with E-state index in [1.807, 2.05) is 0 Å². The fourth-order valence-corrected chi connectivity index (χ4v) is 1.50. The Labute approximate surface area is 71.1 Å². The van der Waals surface area contributed by atoms with Crippen LogP contribution >= 0.6 is 0 Å². The molecule has 1 saturated heterocycles. The summed E-state index contributed by atoms with van der Waals surface area (Å²) in [5, 5.41) is 8.33. The van der Waals surface area contributed by atoms with Crippen LogP contribution in [0, 0.1) is 0 Å². The summed E-state index contributed by atoms with van der Waals surface area (Å²) in [5.74, 6) is -0.875. The van der Waals surface area contributed by atoms with Crippen LogP contribution in [0.25, 0.3) is 0 Å². The molecule has 0 unspecified atom stereocenters. The maximum Gasteiger partial charge on any atom is 0.329 e. The van der Waals surface area contributed by atoms with Crippen LogP contribution in [0.4, 0.5) is 0 Å². The van der Waals surface area contributed by atoms with Gasteiger partial charge in [0, 0.05) is 19.1 Å². The zero-order valence-corrected chi connectivity index (χ0v) is 6.90. The summed E-state index contributed by atoms with van der Waals surface area (Å²) in [6.45, 7) is 1.71. The van der Waals surface area contributed by atoms with Crippen LogP contribution in [0.5, 0.6) is 0 Å². The number of hydrogen-bond acceptors (Lipinski definition) is 3. The highest BCUT2D eigenvalue weighted by atomic mass is 16.5. The van der Waals surface area contributed by atoms with Crippen LogP contribution in [0.15, 0.2) is 0 Å². The minimum atomic E-state index is -0.875. The Hall–Kier alpha value is -0.610. The van der Waals surface area contributed by atoms with Gasteiger partial charge in [0.15, 0.2) is 0 Å². The number of likely N-dealkylation sites (tertiary alicyclic amines) is 1. The van der Waals surface area contributed by atoms with Gasteiger partial charge >= 0.3 is 5.97 Å². The molecule has 2 fully saturated rings. The molecule has 0 atom stereocenters. The molecule has 2 rings (SSSR count). The molecule has 1 heterocycles. The van der Waals surface area contributed by atoms with Gasteiger partial charge in [0.05, 0.1) is 6.10 Å². The molecule has 0 spiro atoms. The Morgan fingerprint density at radius 3 is 2.67 bits per heavy atom. The van der Waals surface area contributed by atoms with E-state index in [4.69, 9.17) is 9.84 Å². The topological polar surface area (TPSA) is 49.8 Å². The molecule has 1 saturated carbocycles. The minimum Gasteiger partial charge on any atom is -0.480 e. The molecule has 1 N–H and O–H groups in total. The number of ether oxygens (including phenoxy) is 1. The summed E-state index contributed by atoms with van der Waals surface area (Å²) < 4.78 is 5.11. The van der Waals surface area contributed by atoms with Gasteiger partial charge in [-0.05, 0) is 12.8 Å². The molecule has 4 nitrogen and oxygen atoms in total. The van der Waals surface area contributed by atoms with E-state index in [1.54, 1.807) is 0 Å². The van der Waals surface area contributed by atoms with E-state index in [9.17, 15) is 4.79 Å². The smallest absolute Gasteiger partial charge is 0.329 e. The highest BCUT2D eigenvalue weighted by Crippen LogP contribution is 2.31. The molecule has 1 aliphatic heterocycles. The SMILES string of the molecule is O=C(O)COC1CN(C2CC2)C1. The first-order valence-corrected chi connectivity index (χ1v) is 4.33. The van der Waals surface area contributed by atoms with Crippen LogP contribution in [0.2, 0.25) is 0 Å². The number of carboxylic acids is 1. The predicted molar refractivity (Wildman–Crippen MR) is 42.0 cm³/mol. The van der Waals surface area contributed by atoms with Crippen LogP contribution < -0.4 is 0 Å². The Morgan fingerprint density at radius 1 is 1.50 bits per heavy atom. The summed E-state index contributed by atoms with van der Waals surface area (Å²) in [7, 11) is 0. The second kappa shape index (κ2) is 3.03. The quantitative estimate of drug-likeness (QED) is 0.643. The Kier molecular flexibility index (Phi) is 2.02. The number of hydrogen-bond donors (Lipinski definition) is 1. The van der Waals surface area contributed by atoms with Crippen molar-refractivity contribution >= 4 is 5.97 Å². The first-order valence-electron chi connectivity index (χ1n) is 4.33. The van der Waals surface area contributed by atoms with Crippen LogP contribution in [0.1, 0.15) is 12.8 Å². The van der Waals surface area contributed by atoms with E-state index in [2.05, 4.69) is 4.90 Å². The second-order valence-corrected chi connectivity index (χ2v) is 3.51. The summed E-state index contributed by atoms with van der Waals surface area (Å²) in [5.41, 5.74) is 0. The summed E-state index contributed by atoms with van der Waals surface area (Å²) >= 11 is 0. The van der Waals surface area contributed by atoms with Crippen molar-refractivity contribution < 1.29 is 14.6 Å². The molecule has 4 heteroatoms. The summed E-state index contributed by atoms with van der Waals surface area (Å²) in [4.78, 5) is 12.5. The number of carbonyl (C=O) groups is 1. The zero-order valence-electron chi connectivity index (χ0n) is 6.90. The van der Waals surface area contributed by atoms with Crippen molar-refractivity contribution in [3.8, 4) is 0 Å². The van der Waals surface area contributed by atoms with E-state index in [-0.39, 0.29) is 12.7 Å². The number of carboxylic acid groups (broad SMARTS) is 1. The van der Waals surface area contributed by atoms with Gasteiger partial charge in [-0.25, -0.2) is 4.79 Å². The number of nitrogens with zero attached hydrogens (tertiary/aromatic N) is 1. The van der Waals surface area contributed by atoms with E-state index >= 15 is 0 Å². The van der Waals surface area contributed by atoms with Crippen LogP contribution in [-0.4, -0.2) is 47.8 Å². The average Bonchev–Trinajstić information content (AvgIpc) is 2.66. The Balaban J connectivity index is 1.58. The second-order valence-electron chi connectivity index (χ2n) is 3.51. The van der Waals surface area contributed by atoms with Gasteiger partial charge in [-0.15, -0.1) is 0 Å². The Bertz CT molecular complexity index is 185. The van der Waals surface area contributed by atoms with E-state index in [1.165, 1.54) is 12.8 Å². The molecular formula is C8H13NO3. The lowest BCUT2D eigenvalue weighted by atomic mass is 10.1. The molecule has 0 aromatic heterocycles. The monoisotopic (exact) mass is 171 g/mol. The average molecular weight is 171 g/mol. The van der Waals surface area contributed by atoms with Crippen molar-refractivity contribution in [1.82, 2.24) is 4.90 Å². The van der Waals surface area contributed by atoms with Crippen molar-refractivity contribution in [2.75, 3.05) is 19.7 Å². The molecule has 0 aromatic carbocycles. The molecule has 12 heavy (non-hydrogen) atoms. The highest BCUT2D eigenvalue weighted by molar-refractivity contribution is 5.68. The molecule has 68 valence electrons. The normalized spacial score (nSPS) is 25.3. The number of rotatable bonds is 4. The lowest BCUT2D eigenvalue weighted by molar-refractivity contribution is -0.148. The Morgan fingerprint density at radius 2 is 2.17 bits per heavy atom. The number of aliphatic carboxylic acids is 1. The third-order valence-electron chi connectivity index (χ3n) is 2.38. The van der Waals surface area contributed by atoms with E-state index in [0.29, 0.717) is 0 Å². The van der Waals surface area contributed by atoms with Gasteiger partial charge in [0.2, 0.25) is 0 Å². The molecule has 1 aliphatic carbocycles. The van der Waals surface area contributed by atoms with Crippen molar-refractivity contribution in [3.63, 3.8) is 0 Å². The first kappa shape index (κ1) is 8.01. The van der Waals surface area contributed by atoms with Gasteiger partial charge in [0.1, 0.15) is 6.61 Å². The standard InChI is InChI=1S/C8H13NO3/c10-8(11)5-12-7-3-9(4-7)6-1-2-6/h6-7H,1-5H2,(H,10,11). The fraction of sp³-hybridized carbons (Fsp3) is 0.875. The van der Waals surface area contributed by atoms with E-state index < -0.39 is 5.97 Å². The molecule has 2 aliphatic rings.